The van der Waals surface area contributed by atoms with Gasteiger partial charge in [-0.05, 0) is 61.3 Å². The maximum absolute atomic E-state index is 12.6. The van der Waals surface area contributed by atoms with Gasteiger partial charge in [0, 0.05) is 13.1 Å². The van der Waals surface area contributed by atoms with Crippen molar-refractivity contribution in [1.82, 2.24) is 4.72 Å². The summed E-state index contributed by atoms with van der Waals surface area (Å²) >= 11 is 0. The molecule has 2 unspecified atom stereocenters. The minimum atomic E-state index is -3.46. The SMILES string of the molecule is Cc1cc(CN)cc(S(=O)(=O)NCC2CCC(C)C2)c1C. The topological polar surface area (TPSA) is 72.2 Å². The predicted molar refractivity (Wildman–Crippen MR) is 85.5 cm³/mol. The Bertz CT molecular complexity index is 611. The van der Waals surface area contributed by atoms with Gasteiger partial charge in [0.25, 0.3) is 0 Å². The molecule has 0 bridgehead atoms. The van der Waals surface area contributed by atoms with Gasteiger partial charge in [0.05, 0.1) is 4.90 Å². The summed E-state index contributed by atoms with van der Waals surface area (Å²) in [6.45, 7) is 6.89. The van der Waals surface area contributed by atoms with Crippen molar-refractivity contribution in [3.63, 3.8) is 0 Å². The van der Waals surface area contributed by atoms with E-state index in [0.717, 1.165) is 29.5 Å². The third kappa shape index (κ3) is 3.84. The molecular formula is C16H26N2O2S. The van der Waals surface area contributed by atoms with E-state index in [-0.39, 0.29) is 0 Å². The lowest BCUT2D eigenvalue weighted by molar-refractivity contribution is 0.498. The van der Waals surface area contributed by atoms with E-state index >= 15 is 0 Å². The Morgan fingerprint density at radius 1 is 1.29 bits per heavy atom. The van der Waals surface area contributed by atoms with Crippen LogP contribution in [0.2, 0.25) is 0 Å². The van der Waals surface area contributed by atoms with Crippen LogP contribution in [-0.4, -0.2) is 15.0 Å². The number of hydrogen-bond acceptors (Lipinski definition) is 3. The first-order chi connectivity index (χ1) is 9.83. The first-order valence-electron chi connectivity index (χ1n) is 7.63. The highest BCUT2D eigenvalue weighted by Crippen LogP contribution is 2.30. The van der Waals surface area contributed by atoms with Crippen molar-refractivity contribution >= 4 is 10.0 Å². The molecule has 0 aliphatic heterocycles. The van der Waals surface area contributed by atoms with E-state index in [9.17, 15) is 8.42 Å². The first kappa shape index (κ1) is 16.5. The number of nitrogens with two attached hydrogens (primary N) is 1. The Labute approximate surface area is 128 Å². The third-order valence-electron chi connectivity index (χ3n) is 4.57. The van der Waals surface area contributed by atoms with Crippen LogP contribution in [0.4, 0.5) is 0 Å². The highest BCUT2D eigenvalue weighted by atomic mass is 32.2. The van der Waals surface area contributed by atoms with E-state index in [4.69, 9.17) is 5.73 Å². The summed E-state index contributed by atoms with van der Waals surface area (Å²) in [5, 5.41) is 0. The zero-order valence-corrected chi connectivity index (χ0v) is 14.0. The summed E-state index contributed by atoms with van der Waals surface area (Å²) in [5.74, 6) is 1.18. The molecule has 4 nitrogen and oxygen atoms in total. The van der Waals surface area contributed by atoms with Gasteiger partial charge in [-0.15, -0.1) is 0 Å². The number of sulfonamides is 1. The fraction of sp³-hybridized carbons (Fsp3) is 0.625. The predicted octanol–water partition coefficient (Wildman–Crippen LogP) is 2.48. The van der Waals surface area contributed by atoms with Gasteiger partial charge in [-0.25, -0.2) is 13.1 Å². The molecule has 1 saturated carbocycles. The fourth-order valence-electron chi connectivity index (χ4n) is 3.11. The van der Waals surface area contributed by atoms with Gasteiger partial charge in [0.15, 0.2) is 0 Å². The van der Waals surface area contributed by atoms with Crippen molar-refractivity contribution < 1.29 is 8.42 Å². The van der Waals surface area contributed by atoms with Crippen LogP contribution in [0.5, 0.6) is 0 Å². The molecule has 0 amide bonds. The lowest BCUT2D eigenvalue weighted by Crippen LogP contribution is -2.29. The second-order valence-electron chi connectivity index (χ2n) is 6.38. The summed E-state index contributed by atoms with van der Waals surface area (Å²) in [7, 11) is -3.46. The van der Waals surface area contributed by atoms with Gasteiger partial charge < -0.3 is 5.73 Å². The van der Waals surface area contributed by atoms with Gasteiger partial charge in [0.1, 0.15) is 0 Å². The molecule has 5 heteroatoms. The van der Waals surface area contributed by atoms with E-state index in [2.05, 4.69) is 11.6 Å². The molecule has 21 heavy (non-hydrogen) atoms. The summed E-state index contributed by atoms with van der Waals surface area (Å²) in [5.41, 5.74) is 8.28. The van der Waals surface area contributed by atoms with E-state index in [0.29, 0.717) is 29.8 Å². The second-order valence-corrected chi connectivity index (χ2v) is 8.11. The van der Waals surface area contributed by atoms with Crippen LogP contribution in [0.15, 0.2) is 17.0 Å². The van der Waals surface area contributed by atoms with Gasteiger partial charge in [-0.2, -0.15) is 0 Å². The van der Waals surface area contributed by atoms with Gasteiger partial charge >= 0.3 is 0 Å². The quantitative estimate of drug-likeness (QED) is 0.877. The van der Waals surface area contributed by atoms with Crippen LogP contribution in [0.1, 0.15) is 42.9 Å². The zero-order chi connectivity index (χ0) is 15.6. The lowest BCUT2D eigenvalue weighted by atomic mass is 10.1. The molecule has 1 aliphatic carbocycles. The van der Waals surface area contributed by atoms with Gasteiger partial charge in [-0.1, -0.05) is 19.4 Å². The van der Waals surface area contributed by atoms with E-state index in [1.807, 2.05) is 19.9 Å². The first-order valence-corrected chi connectivity index (χ1v) is 9.11. The molecule has 0 saturated heterocycles. The standard InChI is InChI=1S/C16H26N2O2S/c1-11-4-5-14(6-11)10-18-21(19,20)16-8-15(9-17)7-12(2)13(16)3/h7-8,11,14,18H,4-6,9-10,17H2,1-3H3. The number of aryl methyl sites for hydroxylation is 1. The summed E-state index contributed by atoms with van der Waals surface area (Å²) < 4.78 is 27.9. The normalized spacial score (nSPS) is 22.7. The maximum atomic E-state index is 12.6. The molecule has 0 spiro atoms. The molecule has 0 radical (unpaired) electrons. The van der Waals surface area contributed by atoms with Crippen LogP contribution < -0.4 is 10.5 Å². The fourth-order valence-corrected chi connectivity index (χ4v) is 4.59. The van der Waals surface area contributed by atoms with Crippen LogP contribution in [0.25, 0.3) is 0 Å². The average molecular weight is 310 g/mol. The Hall–Kier alpha value is -0.910. The molecule has 2 atom stereocenters. The Balaban J connectivity index is 2.17. The number of nitrogens with one attached hydrogen (secondary N) is 1. The van der Waals surface area contributed by atoms with Crippen molar-refractivity contribution in [1.29, 1.82) is 0 Å². The second kappa shape index (κ2) is 6.46. The Morgan fingerprint density at radius 3 is 2.57 bits per heavy atom. The van der Waals surface area contributed by atoms with Crippen LogP contribution in [-0.2, 0) is 16.6 Å². The van der Waals surface area contributed by atoms with Crippen LogP contribution in [0, 0.1) is 25.7 Å². The number of hydrogen-bond donors (Lipinski definition) is 2. The summed E-state index contributed by atoms with van der Waals surface area (Å²) in [6.07, 6.45) is 3.43. The molecule has 0 aromatic heterocycles. The molecule has 3 N–H and O–H groups in total. The van der Waals surface area contributed by atoms with E-state index in [1.165, 1.54) is 6.42 Å². The van der Waals surface area contributed by atoms with Crippen molar-refractivity contribution in [2.45, 2.75) is 51.5 Å². The molecule has 1 fully saturated rings. The minimum absolute atomic E-state index is 0.351. The van der Waals surface area contributed by atoms with E-state index in [1.54, 1.807) is 6.07 Å². The smallest absolute Gasteiger partial charge is 0.240 e. The third-order valence-corrected chi connectivity index (χ3v) is 6.12. The van der Waals surface area contributed by atoms with Crippen molar-refractivity contribution in [3.8, 4) is 0 Å². The van der Waals surface area contributed by atoms with Crippen molar-refractivity contribution in [3.05, 3.63) is 28.8 Å². The highest BCUT2D eigenvalue weighted by Gasteiger charge is 2.24. The van der Waals surface area contributed by atoms with Crippen molar-refractivity contribution in [2.24, 2.45) is 17.6 Å². The van der Waals surface area contributed by atoms with Crippen LogP contribution >= 0.6 is 0 Å². The van der Waals surface area contributed by atoms with Crippen molar-refractivity contribution in [2.75, 3.05) is 6.54 Å². The van der Waals surface area contributed by atoms with E-state index < -0.39 is 10.0 Å². The zero-order valence-electron chi connectivity index (χ0n) is 13.1. The average Bonchev–Trinajstić information content (AvgIpc) is 2.85. The summed E-state index contributed by atoms with van der Waals surface area (Å²) in [6, 6.07) is 3.65. The summed E-state index contributed by atoms with van der Waals surface area (Å²) in [4.78, 5) is 0.369. The number of rotatable bonds is 5. The molecule has 1 aromatic carbocycles. The molecule has 2 rings (SSSR count). The number of benzene rings is 1. The molecule has 1 aliphatic rings. The monoisotopic (exact) mass is 310 g/mol. The van der Waals surface area contributed by atoms with Crippen LogP contribution in [0.3, 0.4) is 0 Å². The Kier molecular flexibility index (Phi) is 5.07. The molecule has 0 heterocycles. The van der Waals surface area contributed by atoms with Gasteiger partial charge in [-0.3, -0.25) is 0 Å². The molecule has 1 aromatic rings. The minimum Gasteiger partial charge on any atom is -0.326 e. The highest BCUT2D eigenvalue weighted by molar-refractivity contribution is 7.89. The maximum Gasteiger partial charge on any atom is 0.240 e. The Morgan fingerprint density at radius 2 is 2.00 bits per heavy atom. The largest absolute Gasteiger partial charge is 0.326 e. The molecule has 118 valence electrons. The molecular weight excluding hydrogens is 284 g/mol. The van der Waals surface area contributed by atoms with Gasteiger partial charge in [0.2, 0.25) is 10.0 Å². The lowest BCUT2D eigenvalue weighted by Gasteiger charge is -2.15.